The molecule has 90 valence electrons. The van der Waals surface area contributed by atoms with Gasteiger partial charge in [0.25, 0.3) is 0 Å². The molecule has 4 heteroatoms. The second kappa shape index (κ2) is 5.61. The SMILES string of the molecule is COc1cc(CN)cc(OC)c1OC(C)C. The fraction of sp³-hybridized carbons (Fsp3) is 0.500. The van der Waals surface area contributed by atoms with Gasteiger partial charge in [-0.15, -0.1) is 0 Å². The quantitative estimate of drug-likeness (QED) is 0.832. The molecule has 1 rings (SSSR count). The van der Waals surface area contributed by atoms with Gasteiger partial charge in [0.1, 0.15) is 0 Å². The van der Waals surface area contributed by atoms with Crippen LogP contribution in [-0.4, -0.2) is 20.3 Å². The van der Waals surface area contributed by atoms with Crippen molar-refractivity contribution in [2.45, 2.75) is 26.5 Å². The second-order valence-corrected chi connectivity index (χ2v) is 3.70. The summed E-state index contributed by atoms with van der Waals surface area (Å²) in [6.07, 6.45) is 0.0616. The molecule has 0 spiro atoms. The molecule has 0 saturated heterocycles. The number of hydrogen-bond acceptors (Lipinski definition) is 4. The molecule has 0 aliphatic rings. The molecule has 4 nitrogen and oxygen atoms in total. The molecule has 0 saturated carbocycles. The van der Waals surface area contributed by atoms with Crippen LogP contribution < -0.4 is 19.9 Å². The standard InChI is InChI=1S/C12H19NO3/c1-8(2)16-12-10(14-3)5-9(7-13)6-11(12)15-4/h5-6,8H,7,13H2,1-4H3. The molecule has 0 aliphatic heterocycles. The van der Waals surface area contributed by atoms with Gasteiger partial charge in [-0.1, -0.05) is 0 Å². The van der Waals surface area contributed by atoms with Gasteiger partial charge in [-0.25, -0.2) is 0 Å². The van der Waals surface area contributed by atoms with E-state index in [4.69, 9.17) is 19.9 Å². The van der Waals surface area contributed by atoms with Crippen LogP contribution >= 0.6 is 0 Å². The maximum absolute atomic E-state index is 5.67. The molecule has 0 radical (unpaired) electrons. The van der Waals surface area contributed by atoms with E-state index in [1.807, 2.05) is 26.0 Å². The Bertz CT molecular complexity index is 325. The van der Waals surface area contributed by atoms with Crippen LogP contribution in [0.5, 0.6) is 17.2 Å². The molecule has 0 unspecified atom stereocenters. The minimum Gasteiger partial charge on any atom is -0.493 e. The van der Waals surface area contributed by atoms with E-state index in [1.165, 1.54) is 0 Å². The number of hydrogen-bond donors (Lipinski definition) is 1. The summed E-state index contributed by atoms with van der Waals surface area (Å²) in [5, 5.41) is 0. The van der Waals surface area contributed by atoms with E-state index >= 15 is 0 Å². The summed E-state index contributed by atoms with van der Waals surface area (Å²) in [6.45, 7) is 4.35. The largest absolute Gasteiger partial charge is 0.493 e. The molecule has 0 bridgehead atoms. The lowest BCUT2D eigenvalue weighted by Gasteiger charge is -2.17. The Morgan fingerprint density at radius 1 is 1.12 bits per heavy atom. The highest BCUT2D eigenvalue weighted by molar-refractivity contribution is 5.53. The molecule has 0 aliphatic carbocycles. The van der Waals surface area contributed by atoms with Crippen LogP contribution in [0.25, 0.3) is 0 Å². The first-order chi connectivity index (χ1) is 7.62. The molecule has 0 amide bonds. The average molecular weight is 225 g/mol. The van der Waals surface area contributed by atoms with Gasteiger partial charge < -0.3 is 19.9 Å². The van der Waals surface area contributed by atoms with Gasteiger partial charge in [-0.2, -0.15) is 0 Å². The van der Waals surface area contributed by atoms with Crippen molar-refractivity contribution in [2.24, 2.45) is 5.73 Å². The van der Waals surface area contributed by atoms with Crippen LogP contribution in [0.15, 0.2) is 12.1 Å². The molecule has 0 atom stereocenters. The third-order valence-electron chi connectivity index (χ3n) is 2.11. The Labute approximate surface area is 96.3 Å². The fourth-order valence-electron chi connectivity index (χ4n) is 1.40. The first-order valence-corrected chi connectivity index (χ1v) is 5.24. The lowest BCUT2D eigenvalue weighted by Crippen LogP contribution is -2.09. The Kier molecular flexibility index (Phi) is 4.43. The van der Waals surface area contributed by atoms with Crippen molar-refractivity contribution >= 4 is 0 Å². The molecule has 0 heterocycles. The fourth-order valence-corrected chi connectivity index (χ4v) is 1.40. The molecule has 1 aromatic rings. The second-order valence-electron chi connectivity index (χ2n) is 3.70. The summed E-state index contributed by atoms with van der Waals surface area (Å²) in [5.41, 5.74) is 6.55. The Balaban J connectivity index is 3.20. The van der Waals surface area contributed by atoms with Crippen molar-refractivity contribution in [1.29, 1.82) is 0 Å². The van der Waals surface area contributed by atoms with Crippen LogP contribution in [0.4, 0.5) is 0 Å². The molecule has 1 aromatic carbocycles. The smallest absolute Gasteiger partial charge is 0.203 e. The van der Waals surface area contributed by atoms with E-state index in [-0.39, 0.29) is 6.10 Å². The number of ether oxygens (including phenoxy) is 3. The highest BCUT2D eigenvalue weighted by Crippen LogP contribution is 2.39. The zero-order valence-corrected chi connectivity index (χ0v) is 10.2. The summed E-state index contributed by atoms with van der Waals surface area (Å²) in [4.78, 5) is 0. The van der Waals surface area contributed by atoms with Crippen LogP contribution in [0, 0.1) is 0 Å². The van der Waals surface area contributed by atoms with Crippen molar-refractivity contribution < 1.29 is 14.2 Å². The zero-order valence-electron chi connectivity index (χ0n) is 10.2. The Morgan fingerprint density at radius 3 is 1.94 bits per heavy atom. The maximum Gasteiger partial charge on any atom is 0.203 e. The summed E-state index contributed by atoms with van der Waals surface area (Å²) in [5.74, 6) is 1.92. The first-order valence-electron chi connectivity index (χ1n) is 5.24. The van der Waals surface area contributed by atoms with E-state index in [2.05, 4.69) is 0 Å². The van der Waals surface area contributed by atoms with E-state index in [1.54, 1.807) is 14.2 Å². The van der Waals surface area contributed by atoms with Gasteiger partial charge in [0.2, 0.25) is 5.75 Å². The highest BCUT2D eigenvalue weighted by Gasteiger charge is 2.14. The number of nitrogens with two attached hydrogens (primary N) is 1. The van der Waals surface area contributed by atoms with Crippen LogP contribution in [-0.2, 0) is 6.54 Å². The molecule has 0 fully saturated rings. The molecule has 16 heavy (non-hydrogen) atoms. The van der Waals surface area contributed by atoms with Gasteiger partial charge in [0.05, 0.1) is 20.3 Å². The van der Waals surface area contributed by atoms with Crippen molar-refractivity contribution in [2.75, 3.05) is 14.2 Å². The number of rotatable bonds is 5. The summed E-state index contributed by atoms with van der Waals surface area (Å²) in [7, 11) is 3.20. The molecular formula is C12H19NO3. The first kappa shape index (κ1) is 12.6. The van der Waals surface area contributed by atoms with E-state index in [9.17, 15) is 0 Å². The molecule has 0 aromatic heterocycles. The summed E-state index contributed by atoms with van der Waals surface area (Å²) < 4.78 is 16.2. The van der Waals surface area contributed by atoms with Gasteiger partial charge >= 0.3 is 0 Å². The number of benzene rings is 1. The van der Waals surface area contributed by atoms with Crippen LogP contribution in [0.1, 0.15) is 19.4 Å². The van der Waals surface area contributed by atoms with Crippen molar-refractivity contribution in [3.05, 3.63) is 17.7 Å². The van der Waals surface area contributed by atoms with Crippen molar-refractivity contribution in [3.8, 4) is 17.2 Å². The van der Waals surface area contributed by atoms with Gasteiger partial charge in [-0.3, -0.25) is 0 Å². The lowest BCUT2D eigenvalue weighted by atomic mass is 10.2. The Hall–Kier alpha value is -1.42. The van der Waals surface area contributed by atoms with E-state index < -0.39 is 0 Å². The lowest BCUT2D eigenvalue weighted by molar-refractivity contribution is 0.218. The Morgan fingerprint density at radius 2 is 1.62 bits per heavy atom. The predicted octanol–water partition coefficient (Wildman–Crippen LogP) is 1.95. The maximum atomic E-state index is 5.67. The highest BCUT2D eigenvalue weighted by atomic mass is 16.5. The normalized spacial score (nSPS) is 10.4. The third-order valence-corrected chi connectivity index (χ3v) is 2.11. The van der Waals surface area contributed by atoms with Crippen molar-refractivity contribution in [1.82, 2.24) is 0 Å². The van der Waals surface area contributed by atoms with Gasteiger partial charge in [0, 0.05) is 6.54 Å². The minimum absolute atomic E-state index is 0.0616. The predicted molar refractivity (Wildman–Crippen MR) is 63.2 cm³/mol. The van der Waals surface area contributed by atoms with Crippen LogP contribution in [0.2, 0.25) is 0 Å². The minimum atomic E-state index is 0.0616. The molecular weight excluding hydrogens is 206 g/mol. The number of methoxy groups -OCH3 is 2. The van der Waals surface area contributed by atoms with Crippen molar-refractivity contribution in [3.63, 3.8) is 0 Å². The third kappa shape index (κ3) is 2.79. The molecule has 2 N–H and O–H groups in total. The van der Waals surface area contributed by atoms with Gasteiger partial charge in [-0.05, 0) is 31.5 Å². The monoisotopic (exact) mass is 225 g/mol. The zero-order chi connectivity index (χ0) is 12.1. The summed E-state index contributed by atoms with van der Waals surface area (Å²) >= 11 is 0. The van der Waals surface area contributed by atoms with E-state index in [0.29, 0.717) is 23.8 Å². The van der Waals surface area contributed by atoms with Crippen LogP contribution in [0.3, 0.4) is 0 Å². The topological polar surface area (TPSA) is 53.7 Å². The van der Waals surface area contributed by atoms with Gasteiger partial charge in [0.15, 0.2) is 11.5 Å². The van der Waals surface area contributed by atoms with E-state index in [0.717, 1.165) is 5.56 Å². The summed E-state index contributed by atoms with van der Waals surface area (Å²) in [6, 6.07) is 3.72. The average Bonchev–Trinajstić information content (AvgIpc) is 2.28.